The van der Waals surface area contributed by atoms with E-state index in [1.165, 1.54) is 37.4 Å². The van der Waals surface area contributed by atoms with Gasteiger partial charge in [-0.3, -0.25) is 0 Å². The number of hydrogen-bond donors (Lipinski definition) is 0. The highest BCUT2D eigenvalue weighted by molar-refractivity contribution is 7.88. The summed E-state index contributed by atoms with van der Waals surface area (Å²) < 4.78 is 51.9. The Kier molecular flexibility index (Phi) is 4.69. The van der Waals surface area contributed by atoms with Crippen molar-refractivity contribution in [3.05, 3.63) is 71.3 Å². The molecule has 0 unspecified atom stereocenters. The molecule has 112 valence electrons. The van der Waals surface area contributed by atoms with Crippen LogP contribution in [0, 0.1) is 11.6 Å². The van der Waals surface area contributed by atoms with E-state index in [1.807, 2.05) is 0 Å². The summed E-state index contributed by atoms with van der Waals surface area (Å²) >= 11 is 0. The molecule has 0 heterocycles. The third-order valence-corrected chi connectivity index (χ3v) is 4.87. The third-order valence-electron chi connectivity index (χ3n) is 3.09. The van der Waals surface area contributed by atoms with E-state index in [2.05, 4.69) is 0 Å². The predicted octanol–water partition coefficient (Wildman–Crippen LogP) is 2.93. The molecule has 2 aromatic carbocycles. The zero-order valence-corrected chi connectivity index (χ0v) is 12.3. The normalized spacial score (nSPS) is 11.8. The molecule has 0 radical (unpaired) electrons. The molecule has 6 heteroatoms. The van der Waals surface area contributed by atoms with E-state index in [1.54, 1.807) is 18.2 Å². The van der Waals surface area contributed by atoms with E-state index in [0.717, 1.165) is 4.31 Å². The van der Waals surface area contributed by atoms with Gasteiger partial charge in [0.2, 0.25) is 10.0 Å². The number of sulfonamides is 1. The molecule has 3 nitrogen and oxygen atoms in total. The molecule has 0 fully saturated rings. The van der Waals surface area contributed by atoms with Crippen LogP contribution in [0.5, 0.6) is 0 Å². The molecule has 0 aliphatic carbocycles. The molecule has 0 amide bonds. The topological polar surface area (TPSA) is 37.4 Å². The zero-order chi connectivity index (χ0) is 15.5. The lowest BCUT2D eigenvalue weighted by Crippen LogP contribution is -2.28. The first-order chi connectivity index (χ1) is 9.88. The standard InChI is InChI=1S/C15H15F2NO2S/c1-18(10-13-4-2-3-5-15(13)17)21(19,20)11-12-6-8-14(16)9-7-12/h2-9H,10-11H2,1H3. The van der Waals surface area contributed by atoms with Gasteiger partial charge in [-0.1, -0.05) is 30.3 Å². The molecule has 0 saturated heterocycles. The molecule has 2 rings (SSSR count). The average Bonchev–Trinajstić information content (AvgIpc) is 2.43. The van der Waals surface area contributed by atoms with Crippen LogP contribution < -0.4 is 0 Å². The lowest BCUT2D eigenvalue weighted by Gasteiger charge is -2.17. The lowest BCUT2D eigenvalue weighted by atomic mass is 10.2. The fourth-order valence-corrected chi connectivity index (χ4v) is 3.04. The SMILES string of the molecule is CN(Cc1ccccc1F)S(=O)(=O)Cc1ccc(F)cc1. The van der Waals surface area contributed by atoms with Crippen LogP contribution in [0.15, 0.2) is 48.5 Å². The summed E-state index contributed by atoms with van der Waals surface area (Å²) in [4.78, 5) is 0. The van der Waals surface area contributed by atoms with E-state index in [0.29, 0.717) is 11.1 Å². The quantitative estimate of drug-likeness (QED) is 0.851. The zero-order valence-electron chi connectivity index (χ0n) is 11.5. The number of nitrogens with zero attached hydrogens (tertiary/aromatic N) is 1. The highest BCUT2D eigenvalue weighted by Crippen LogP contribution is 2.15. The van der Waals surface area contributed by atoms with Gasteiger partial charge in [0.25, 0.3) is 0 Å². The van der Waals surface area contributed by atoms with Crippen molar-refractivity contribution in [2.75, 3.05) is 7.05 Å². The Morgan fingerprint density at radius 1 is 1.00 bits per heavy atom. The van der Waals surface area contributed by atoms with Crippen molar-refractivity contribution < 1.29 is 17.2 Å². The van der Waals surface area contributed by atoms with Gasteiger partial charge >= 0.3 is 0 Å². The Morgan fingerprint density at radius 3 is 2.24 bits per heavy atom. The molecule has 0 aromatic heterocycles. The van der Waals surface area contributed by atoms with Crippen molar-refractivity contribution >= 4 is 10.0 Å². The highest BCUT2D eigenvalue weighted by Gasteiger charge is 2.19. The number of benzene rings is 2. The van der Waals surface area contributed by atoms with Crippen molar-refractivity contribution in [1.29, 1.82) is 0 Å². The van der Waals surface area contributed by atoms with E-state index < -0.39 is 21.7 Å². The van der Waals surface area contributed by atoms with Crippen molar-refractivity contribution in [2.24, 2.45) is 0 Å². The first-order valence-corrected chi connectivity index (χ1v) is 7.91. The molecule has 0 spiro atoms. The maximum absolute atomic E-state index is 13.5. The predicted molar refractivity (Wildman–Crippen MR) is 76.9 cm³/mol. The summed E-state index contributed by atoms with van der Waals surface area (Å²) in [6.07, 6.45) is 0. The van der Waals surface area contributed by atoms with Gasteiger partial charge in [0.1, 0.15) is 11.6 Å². The molecule has 0 aliphatic heterocycles. The van der Waals surface area contributed by atoms with E-state index >= 15 is 0 Å². The smallest absolute Gasteiger partial charge is 0.212 e. The van der Waals surface area contributed by atoms with Crippen molar-refractivity contribution in [3.63, 3.8) is 0 Å². The molecule has 0 aliphatic rings. The fourth-order valence-electron chi connectivity index (χ4n) is 1.87. The van der Waals surface area contributed by atoms with Crippen molar-refractivity contribution in [2.45, 2.75) is 12.3 Å². The molecule has 0 N–H and O–H groups in total. The first kappa shape index (κ1) is 15.6. The minimum Gasteiger partial charge on any atom is -0.212 e. The van der Waals surface area contributed by atoms with Gasteiger partial charge in [0, 0.05) is 19.2 Å². The Balaban J connectivity index is 2.12. The Hall–Kier alpha value is -1.79. The van der Waals surface area contributed by atoms with Gasteiger partial charge in [0.15, 0.2) is 0 Å². The monoisotopic (exact) mass is 311 g/mol. The molecular formula is C15H15F2NO2S. The molecule has 2 aromatic rings. The molecular weight excluding hydrogens is 296 g/mol. The Labute approximate surface area is 122 Å². The largest absolute Gasteiger partial charge is 0.218 e. The Morgan fingerprint density at radius 2 is 1.62 bits per heavy atom. The number of rotatable bonds is 5. The van der Waals surface area contributed by atoms with Crippen LogP contribution in [-0.4, -0.2) is 19.8 Å². The minimum absolute atomic E-state index is 0.0454. The summed E-state index contributed by atoms with van der Waals surface area (Å²) in [7, 11) is -2.20. The minimum atomic E-state index is -3.60. The second kappa shape index (κ2) is 6.32. The molecule has 21 heavy (non-hydrogen) atoms. The van der Waals surface area contributed by atoms with Crippen molar-refractivity contribution in [3.8, 4) is 0 Å². The second-order valence-corrected chi connectivity index (χ2v) is 6.81. The van der Waals surface area contributed by atoms with Crippen LogP contribution in [-0.2, 0) is 22.3 Å². The second-order valence-electron chi connectivity index (χ2n) is 4.73. The lowest BCUT2D eigenvalue weighted by molar-refractivity contribution is 0.455. The maximum atomic E-state index is 13.5. The molecule has 0 bridgehead atoms. The van der Waals surface area contributed by atoms with Gasteiger partial charge in [-0.2, -0.15) is 0 Å². The van der Waals surface area contributed by atoms with E-state index in [9.17, 15) is 17.2 Å². The van der Waals surface area contributed by atoms with E-state index in [-0.39, 0.29) is 12.3 Å². The van der Waals surface area contributed by atoms with Crippen LogP contribution in [0.3, 0.4) is 0 Å². The summed E-state index contributed by atoms with van der Waals surface area (Å²) in [6.45, 7) is -0.0454. The van der Waals surface area contributed by atoms with Crippen LogP contribution >= 0.6 is 0 Å². The van der Waals surface area contributed by atoms with Crippen molar-refractivity contribution in [1.82, 2.24) is 4.31 Å². The van der Waals surface area contributed by atoms with Gasteiger partial charge in [0.05, 0.1) is 5.75 Å². The third kappa shape index (κ3) is 4.09. The number of hydrogen-bond acceptors (Lipinski definition) is 2. The highest BCUT2D eigenvalue weighted by atomic mass is 32.2. The first-order valence-electron chi connectivity index (χ1n) is 6.30. The van der Waals surface area contributed by atoms with Crippen LogP contribution in [0.25, 0.3) is 0 Å². The number of halogens is 2. The van der Waals surface area contributed by atoms with Crippen LogP contribution in [0.1, 0.15) is 11.1 Å². The van der Waals surface area contributed by atoms with Gasteiger partial charge < -0.3 is 0 Å². The molecule has 0 saturated carbocycles. The fraction of sp³-hybridized carbons (Fsp3) is 0.200. The Bertz CT molecular complexity index is 715. The molecule has 0 atom stereocenters. The van der Waals surface area contributed by atoms with Crippen LogP contribution in [0.4, 0.5) is 8.78 Å². The summed E-state index contributed by atoms with van der Waals surface area (Å²) in [5.41, 5.74) is 0.791. The average molecular weight is 311 g/mol. The van der Waals surface area contributed by atoms with E-state index in [4.69, 9.17) is 0 Å². The van der Waals surface area contributed by atoms with Gasteiger partial charge in [-0.05, 0) is 23.8 Å². The summed E-state index contributed by atoms with van der Waals surface area (Å²) in [5.74, 6) is -1.12. The summed E-state index contributed by atoms with van der Waals surface area (Å²) in [6, 6.07) is 11.3. The summed E-state index contributed by atoms with van der Waals surface area (Å²) in [5, 5.41) is 0. The van der Waals surface area contributed by atoms with Gasteiger partial charge in [-0.25, -0.2) is 21.5 Å². The maximum Gasteiger partial charge on any atom is 0.218 e. The van der Waals surface area contributed by atoms with Crippen LogP contribution in [0.2, 0.25) is 0 Å². The van der Waals surface area contributed by atoms with Gasteiger partial charge in [-0.15, -0.1) is 0 Å².